The average Bonchev–Trinajstić information content (AvgIpc) is 3.05. The van der Waals surface area contributed by atoms with Crippen LogP contribution in [-0.4, -0.2) is 22.7 Å². The summed E-state index contributed by atoms with van der Waals surface area (Å²) in [5.41, 5.74) is 4.23. The fraction of sp³-hybridized carbons (Fsp3) is 0.158. The van der Waals surface area contributed by atoms with Crippen LogP contribution in [0.3, 0.4) is 0 Å². The molecule has 5 heteroatoms. The van der Waals surface area contributed by atoms with E-state index in [4.69, 9.17) is 14.8 Å². The second kappa shape index (κ2) is 6.09. The predicted octanol–water partition coefficient (Wildman–Crippen LogP) is 4.04. The van der Waals surface area contributed by atoms with Gasteiger partial charge in [-0.1, -0.05) is 42.5 Å². The van der Waals surface area contributed by atoms with Crippen LogP contribution >= 0.6 is 11.3 Å². The summed E-state index contributed by atoms with van der Waals surface area (Å²) in [6, 6.07) is 15.9. The molecule has 0 fully saturated rings. The number of aryl methyl sites for hydroxylation is 1. The SMILES string of the molecule is O=C(O)COc1cccc2c1CCc1sc(-c3ccccc3)nc1-2. The van der Waals surface area contributed by atoms with Gasteiger partial charge in [-0.05, 0) is 18.9 Å². The van der Waals surface area contributed by atoms with Gasteiger partial charge in [-0.2, -0.15) is 0 Å². The summed E-state index contributed by atoms with van der Waals surface area (Å²) in [5.74, 6) is -0.320. The number of aromatic nitrogens is 1. The first-order valence-corrected chi connectivity index (χ1v) is 8.56. The van der Waals surface area contributed by atoms with Gasteiger partial charge in [-0.25, -0.2) is 9.78 Å². The van der Waals surface area contributed by atoms with Crippen molar-refractivity contribution in [1.82, 2.24) is 4.98 Å². The van der Waals surface area contributed by atoms with Gasteiger partial charge in [0.15, 0.2) is 6.61 Å². The molecule has 1 aliphatic rings. The number of nitrogens with zero attached hydrogens (tertiary/aromatic N) is 1. The van der Waals surface area contributed by atoms with E-state index in [1.54, 1.807) is 11.3 Å². The number of hydrogen-bond acceptors (Lipinski definition) is 4. The van der Waals surface area contributed by atoms with Crippen molar-refractivity contribution in [3.63, 3.8) is 0 Å². The lowest BCUT2D eigenvalue weighted by Gasteiger charge is -2.18. The lowest BCUT2D eigenvalue weighted by molar-refractivity contribution is -0.139. The third-order valence-electron chi connectivity index (χ3n) is 4.06. The van der Waals surface area contributed by atoms with Gasteiger partial charge in [-0.3, -0.25) is 0 Å². The number of rotatable bonds is 4. The molecular weight excluding hydrogens is 322 g/mol. The van der Waals surface area contributed by atoms with Crippen LogP contribution in [-0.2, 0) is 17.6 Å². The van der Waals surface area contributed by atoms with Gasteiger partial charge in [0.25, 0.3) is 0 Å². The fourth-order valence-electron chi connectivity index (χ4n) is 2.99. The standard InChI is InChI=1S/C19H15NO3S/c21-17(22)11-23-15-8-4-7-14-13(15)9-10-16-18(14)20-19(24-16)12-5-2-1-3-6-12/h1-8H,9-11H2,(H,21,22). The van der Waals surface area contributed by atoms with Crippen LogP contribution in [0.5, 0.6) is 5.75 Å². The lowest BCUT2D eigenvalue weighted by Crippen LogP contribution is -2.12. The zero-order chi connectivity index (χ0) is 16.5. The highest BCUT2D eigenvalue weighted by atomic mass is 32.1. The number of benzene rings is 2. The number of thiazole rings is 1. The molecule has 0 aliphatic heterocycles. The highest BCUT2D eigenvalue weighted by Gasteiger charge is 2.24. The molecule has 1 aliphatic carbocycles. The molecule has 0 radical (unpaired) electrons. The monoisotopic (exact) mass is 337 g/mol. The van der Waals surface area contributed by atoms with Crippen molar-refractivity contribution in [2.45, 2.75) is 12.8 Å². The second-order valence-electron chi connectivity index (χ2n) is 5.62. The number of fused-ring (bicyclic) bond motifs is 3. The van der Waals surface area contributed by atoms with Gasteiger partial charge in [-0.15, -0.1) is 11.3 Å². The number of ether oxygens (including phenoxy) is 1. The summed E-state index contributed by atoms with van der Waals surface area (Å²) in [7, 11) is 0. The predicted molar refractivity (Wildman–Crippen MR) is 93.5 cm³/mol. The quantitative estimate of drug-likeness (QED) is 0.780. The largest absolute Gasteiger partial charge is 0.482 e. The minimum absolute atomic E-state index is 0.324. The minimum Gasteiger partial charge on any atom is -0.482 e. The van der Waals surface area contributed by atoms with Gasteiger partial charge in [0, 0.05) is 21.6 Å². The van der Waals surface area contributed by atoms with Crippen molar-refractivity contribution in [1.29, 1.82) is 0 Å². The van der Waals surface area contributed by atoms with Crippen LogP contribution in [0.25, 0.3) is 21.8 Å². The summed E-state index contributed by atoms with van der Waals surface area (Å²) >= 11 is 1.73. The maximum Gasteiger partial charge on any atom is 0.341 e. The fourth-order valence-corrected chi connectivity index (χ4v) is 4.08. The smallest absolute Gasteiger partial charge is 0.341 e. The van der Waals surface area contributed by atoms with E-state index < -0.39 is 5.97 Å². The molecule has 0 amide bonds. The third-order valence-corrected chi connectivity index (χ3v) is 5.22. The number of hydrogen-bond donors (Lipinski definition) is 1. The van der Waals surface area contributed by atoms with E-state index in [-0.39, 0.29) is 6.61 Å². The topological polar surface area (TPSA) is 59.4 Å². The van der Waals surface area contributed by atoms with E-state index in [9.17, 15) is 4.79 Å². The molecule has 4 rings (SSSR count). The molecule has 4 nitrogen and oxygen atoms in total. The van der Waals surface area contributed by atoms with E-state index in [1.165, 1.54) is 4.88 Å². The van der Waals surface area contributed by atoms with Crippen molar-refractivity contribution in [2.24, 2.45) is 0 Å². The first-order chi connectivity index (χ1) is 11.7. The molecule has 2 aromatic carbocycles. The molecule has 1 aromatic heterocycles. The molecule has 1 heterocycles. The van der Waals surface area contributed by atoms with E-state index in [2.05, 4.69) is 12.1 Å². The van der Waals surface area contributed by atoms with E-state index in [1.807, 2.05) is 36.4 Å². The molecule has 0 bridgehead atoms. The number of aliphatic carboxylic acids is 1. The van der Waals surface area contributed by atoms with Gasteiger partial charge in [0.2, 0.25) is 0 Å². The lowest BCUT2D eigenvalue weighted by atomic mass is 9.92. The highest BCUT2D eigenvalue weighted by molar-refractivity contribution is 7.15. The molecule has 120 valence electrons. The molecule has 1 N–H and O–H groups in total. The third kappa shape index (κ3) is 2.67. The first kappa shape index (κ1) is 14.9. The summed E-state index contributed by atoms with van der Waals surface area (Å²) in [6.07, 6.45) is 1.74. The summed E-state index contributed by atoms with van der Waals surface area (Å²) in [5, 5.41) is 9.85. The number of carbonyl (C=O) groups is 1. The number of carboxylic acids is 1. The van der Waals surface area contributed by atoms with Gasteiger partial charge in [0.1, 0.15) is 10.8 Å². The minimum atomic E-state index is -0.968. The molecule has 0 unspecified atom stereocenters. The van der Waals surface area contributed by atoms with Crippen LogP contribution < -0.4 is 4.74 Å². The highest BCUT2D eigenvalue weighted by Crippen LogP contribution is 2.42. The average molecular weight is 337 g/mol. The maximum atomic E-state index is 10.8. The van der Waals surface area contributed by atoms with Crippen LogP contribution in [0.1, 0.15) is 10.4 Å². The first-order valence-electron chi connectivity index (χ1n) is 7.74. The molecule has 24 heavy (non-hydrogen) atoms. The van der Waals surface area contributed by atoms with Crippen molar-refractivity contribution >= 4 is 17.3 Å². The Morgan fingerprint density at radius 3 is 2.75 bits per heavy atom. The van der Waals surface area contributed by atoms with Crippen LogP contribution in [0.4, 0.5) is 0 Å². The van der Waals surface area contributed by atoms with Gasteiger partial charge >= 0.3 is 5.97 Å². The summed E-state index contributed by atoms with van der Waals surface area (Å²) < 4.78 is 5.45. The molecule has 0 atom stereocenters. The molecule has 0 saturated heterocycles. The van der Waals surface area contributed by atoms with Crippen molar-refractivity contribution < 1.29 is 14.6 Å². The molecule has 0 saturated carbocycles. The zero-order valence-corrected chi connectivity index (χ0v) is 13.7. The molecular formula is C19H15NO3S. The Labute approximate surface area is 143 Å². The Balaban J connectivity index is 1.74. The Morgan fingerprint density at radius 2 is 1.96 bits per heavy atom. The van der Waals surface area contributed by atoms with Gasteiger partial charge in [0.05, 0.1) is 5.69 Å². The van der Waals surface area contributed by atoms with Crippen LogP contribution in [0.2, 0.25) is 0 Å². The number of carboxylic acid groups (broad SMARTS) is 1. The van der Waals surface area contributed by atoms with Crippen LogP contribution in [0.15, 0.2) is 48.5 Å². The zero-order valence-electron chi connectivity index (χ0n) is 12.9. The van der Waals surface area contributed by atoms with E-state index >= 15 is 0 Å². The molecule has 0 spiro atoms. The second-order valence-corrected chi connectivity index (χ2v) is 6.71. The van der Waals surface area contributed by atoms with Crippen LogP contribution in [0, 0.1) is 0 Å². The Morgan fingerprint density at radius 1 is 1.12 bits per heavy atom. The normalized spacial score (nSPS) is 12.3. The summed E-state index contributed by atoms with van der Waals surface area (Å²) in [4.78, 5) is 16.9. The van der Waals surface area contributed by atoms with E-state index in [0.717, 1.165) is 40.2 Å². The molecule has 3 aromatic rings. The van der Waals surface area contributed by atoms with Gasteiger partial charge < -0.3 is 9.84 Å². The Bertz CT molecular complexity index is 902. The Hall–Kier alpha value is -2.66. The van der Waals surface area contributed by atoms with Crippen molar-refractivity contribution in [2.75, 3.05) is 6.61 Å². The Kier molecular flexibility index (Phi) is 3.78. The maximum absolute atomic E-state index is 10.8. The van der Waals surface area contributed by atoms with Crippen molar-refractivity contribution in [3.8, 4) is 27.6 Å². The summed E-state index contributed by atoms with van der Waals surface area (Å²) in [6.45, 7) is -0.324. The van der Waals surface area contributed by atoms with Crippen molar-refractivity contribution in [3.05, 3.63) is 59.0 Å². The van der Waals surface area contributed by atoms with E-state index in [0.29, 0.717) is 5.75 Å².